The molecule has 1 aromatic rings. The summed E-state index contributed by atoms with van der Waals surface area (Å²) in [5.74, 6) is -3.01. The summed E-state index contributed by atoms with van der Waals surface area (Å²) in [5.41, 5.74) is 0.281. The van der Waals surface area contributed by atoms with E-state index in [2.05, 4.69) is 10.3 Å². The minimum absolute atomic E-state index is 0.0982. The maximum Gasteiger partial charge on any atom is 0.331 e. The molecule has 3 atom stereocenters. The molecule has 2 heterocycles. The lowest BCUT2D eigenvalue weighted by Crippen LogP contribution is -2.34. The molecular weight excluding hydrogens is 331 g/mol. The van der Waals surface area contributed by atoms with Gasteiger partial charge in [-0.2, -0.15) is 0 Å². The van der Waals surface area contributed by atoms with Crippen LogP contribution in [0.3, 0.4) is 0 Å². The van der Waals surface area contributed by atoms with Gasteiger partial charge in [0.25, 0.3) is 0 Å². The minimum atomic E-state index is -1.27. The van der Waals surface area contributed by atoms with Crippen molar-refractivity contribution in [2.45, 2.75) is 50.3 Å². The molecule has 8 heteroatoms. The number of aliphatic hydroxyl groups excluding tert-OH is 1. The van der Waals surface area contributed by atoms with Gasteiger partial charge < -0.3 is 20.6 Å². The largest absolute Gasteiger partial charge is 0.478 e. The van der Waals surface area contributed by atoms with E-state index in [-0.39, 0.29) is 24.1 Å². The molecule has 136 valence electrons. The van der Waals surface area contributed by atoms with Crippen molar-refractivity contribution in [1.82, 2.24) is 10.3 Å². The first-order valence-corrected chi connectivity index (χ1v) is 8.08. The summed E-state index contributed by atoms with van der Waals surface area (Å²) in [4.78, 5) is 25.3. The van der Waals surface area contributed by atoms with Gasteiger partial charge in [0.15, 0.2) is 0 Å². The fraction of sp³-hybridized carbons (Fsp3) is 0.471. The zero-order valence-corrected chi connectivity index (χ0v) is 13.6. The van der Waals surface area contributed by atoms with E-state index in [0.717, 1.165) is 12.6 Å². The van der Waals surface area contributed by atoms with E-state index in [1.54, 1.807) is 0 Å². The highest BCUT2D eigenvalue weighted by Gasteiger charge is 2.30. The van der Waals surface area contributed by atoms with Crippen LogP contribution < -0.4 is 5.32 Å². The second-order valence-corrected chi connectivity index (χ2v) is 6.13. The summed E-state index contributed by atoms with van der Waals surface area (Å²) in [6.07, 6.45) is 5.21. The van der Waals surface area contributed by atoms with Crippen LogP contribution in [0.4, 0.5) is 4.39 Å². The lowest BCUT2D eigenvalue weighted by atomic mass is 10.0. The number of aliphatic carboxylic acids is 2. The van der Waals surface area contributed by atoms with Crippen LogP contribution in [0.1, 0.15) is 43.8 Å². The average Bonchev–Trinajstić information content (AvgIpc) is 3.01. The summed E-state index contributed by atoms with van der Waals surface area (Å²) in [5, 5.41) is 31.2. The van der Waals surface area contributed by atoms with Gasteiger partial charge in [-0.1, -0.05) is 0 Å². The molecule has 0 spiro atoms. The van der Waals surface area contributed by atoms with Crippen molar-refractivity contribution in [3.63, 3.8) is 0 Å². The molecule has 4 N–H and O–H groups in total. The second-order valence-electron chi connectivity index (χ2n) is 6.13. The molecule has 0 unspecified atom stereocenters. The molecule has 0 amide bonds. The van der Waals surface area contributed by atoms with E-state index in [1.807, 2.05) is 0 Å². The number of aromatic nitrogens is 1. The highest BCUT2D eigenvalue weighted by molar-refractivity contribution is 5.94. The van der Waals surface area contributed by atoms with Crippen molar-refractivity contribution >= 4 is 11.9 Å². The third-order valence-electron chi connectivity index (χ3n) is 4.30. The van der Waals surface area contributed by atoms with Crippen LogP contribution in [-0.4, -0.2) is 44.3 Å². The highest BCUT2D eigenvalue weighted by Crippen LogP contribution is 2.27. The first-order chi connectivity index (χ1) is 11.9. The van der Waals surface area contributed by atoms with Crippen LogP contribution in [-0.2, 0) is 9.59 Å². The Balaban J connectivity index is 1.83. The predicted octanol–water partition coefficient (Wildman–Crippen LogP) is 1.64. The molecule has 1 aliphatic rings. The van der Waals surface area contributed by atoms with Gasteiger partial charge in [-0.05, 0) is 38.2 Å². The molecule has 1 aliphatic heterocycles. The smallest absolute Gasteiger partial charge is 0.331 e. The maximum absolute atomic E-state index is 13.2. The average molecular weight is 352 g/mol. The number of aliphatic hydroxyl groups is 1. The molecule has 7 nitrogen and oxygen atoms in total. The van der Waals surface area contributed by atoms with Crippen LogP contribution in [0.15, 0.2) is 30.1 Å². The fourth-order valence-electron chi connectivity index (χ4n) is 3.08. The van der Waals surface area contributed by atoms with Gasteiger partial charge in [-0.25, -0.2) is 14.0 Å². The summed E-state index contributed by atoms with van der Waals surface area (Å²) >= 11 is 0. The number of carbonyl (C=O) groups is 2. The lowest BCUT2D eigenvalue weighted by Gasteiger charge is -2.20. The number of pyridine rings is 1. The van der Waals surface area contributed by atoms with Gasteiger partial charge in [0.05, 0.1) is 12.3 Å². The molecule has 0 radical (unpaired) electrons. The molecule has 25 heavy (non-hydrogen) atoms. The third kappa shape index (κ3) is 5.61. The van der Waals surface area contributed by atoms with Crippen molar-refractivity contribution < 1.29 is 29.3 Å². The Morgan fingerprint density at radius 3 is 2.76 bits per heavy atom. The topological polar surface area (TPSA) is 120 Å². The van der Waals surface area contributed by atoms with E-state index in [4.69, 9.17) is 10.2 Å². The third-order valence-corrected chi connectivity index (χ3v) is 4.30. The Kier molecular flexibility index (Phi) is 6.60. The van der Waals surface area contributed by atoms with Crippen molar-refractivity contribution in [3.05, 3.63) is 41.5 Å². The van der Waals surface area contributed by atoms with Gasteiger partial charge >= 0.3 is 11.9 Å². The Morgan fingerprint density at radius 1 is 1.36 bits per heavy atom. The number of nitrogens with one attached hydrogen (secondary N) is 1. The van der Waals surface area contributed by atoms with Crippen molar-refractivity contribution in [3.8, 4) is 0 Å². The molecular formula is C17H21FN2O5. The van der Waals surface area contributed by atoms with Crippen molar-refractivity contribution in [2.24, 2.45) is 0 Å². The first kappa shape index (κ1) is 19.0. The van der Waals surface area contributed by atoms with E-state index < -0.39 is 23.9 Å². The minimum Gasteiger partial charge on any atom is -0.478 e. The number of carboxylic acids is 2. The highest BCUT2D eigenvalue weighted by atomic mass is 19.1. The van der Waals surface area contributed by atoms with Crippen LogP contribution in [0.2, 0.25) is 0 Å². The Bertz CT molecular complexity index is 664. The standard InChI is InChI=1S/C17H21FN2O5/c18-12-6-11(8-19-9-12)16(23)14-5-4-13(20-14)3-1-2-10(17(24)25)7-15(21)22/h6-9,13-14,16,20,23H,1-5H2,(H,21,22)(H,24,25)/b10-7-/t13-,14-,16-/m1/s1. The number of carboxylic acid groups (broad SMARTS) is 2. The molecule has 1 aromatic heterocycles. The van der Waals surface area contributed by atoms with E-state index >= 15 is 0 Å². The maximum atomic E-state index is 13.2. The fourth-order valence-corrected chi connectivity index (χ4v) is 3.08. The van der Waals surface area contributed by atoms with Gasteiger partial charge in [0, 0.05) is 35.5 Å². The van der Waals surface area contributed by atoms with E-state index in [9.17, 15) is 19.1 Å². The van der Waals surface area contributed by atoms with Crippen LogP contribution in [0, 0.1) is 5.82 Å². The van der Waals surface area contributed by atoms with E-state index in [0.29, 0.717) is 30.9 Å². The van der Waals surface area contributed by atoms with Crippen LogP contribution in [0.5, 0.6) is 0 Å². The normalized spacial score (nSPS) is 21.9. The summed E-state index contributed by atoms with van der Waals surface area (Å²) < 4.78 is 13.2. The van der Waals surface area contributed by atoms with Crippen molar-refractivity contribution in [1.29, 1.82) is 0 Å². The number of halogens is 1. The van der Waals surface area contributed by atoms with Gasteiger partial charge in [0.1, 0.15) is 5.82 Å². The van der Waals surface area contributed by atoms with Gasteiger partial charge in [-0.15, -0.1) is 0 Å². The summed E-state index contributed by atoms with van der Waals surface area (Å²) in [6.45, 7) is 0. The monoisotopic (exact) mass is 352 g/mol. The Hall–Kier alpha value is -2.32. The molecule has 1 fully saturated rings. The van der Waals surface area contributed by atoms with Gasteiger partial charge in [0.2, 0.25) is 0 Å². The number of hydrogen-bond acceptors (Lipinski definition) is 5. The summed E-state index contributed by atoms with van der Waals surface area (Å²) in [7, 11) is 0. The molecule has 1 saturated heterocycles. The van der Waals surface area contributed by atoms with Crippen LogP contribution >= 0.6 is 0 Å². The number of nitrogens with zero attached hydrogens (tertiary/aromatic N) is 1. The summed E-state index contributed by atoms with van der Waals surface area (Å²) in [6, 6.07) is 1.13. The predicted molar refractivity (Wildman–Crippen MR) is 86.3 cm³/mol. The molecule has 2 rings (SSSR count). The first-order valence-electron chi connectivity index (χ1n) is 8.08. The van der Waals surface area contributed by atoms with Crippen molar-refractivity contribution in [2.75, 3.05) is 0 Å². The molecule has 0 aliphatic carbocycles. The SMILES string of the molecule is O=C(O)/C=C(/CCC[C@@H]1CC[C@H]([C@H](O)c2cncc(F)c2)N1)C(=O)O. The Labute approximate surface area is 144 Å². The van der Waals surface area contributed by atoms with Crippen LogP contribution in [0.25, 0.3) is 0 Å². The molecule has 0 saturated carbocycles. The lowest BCUT2D eigenvalue weighted by molar-refractivity contribution is -0.135. The quantitative estimate of drug-likeness (QED) is 0.525. The zero-order valence-electron chi connectivity index (χ0n) is 13.6. The number of rotatable bonds is 8. The second kappa shape index (κ2) is 8.68. The molecule has 0 aromatic carbocycles. The van der Waals surface area contributed by atoms with E-state index in [1.165, 1.54) is 12.3 Å². The Morgan fingerprint density at radius 2 is 2.12 bits per heavy atom. The zero-order chi connectivity index (χ0) is 18.4. The number of hydrogen-bond donors (Lipinski definition) is 4. The molecule has 0 bridgehead atoms. The van der Waals surface area contributed by atoms with Gasteiger partial charge in [-0.3, -0.25) is 4.98 Å².